The third kappa shape index (κ3) is 1.78. The molecule has 4 heteroatoms. The number of hydrogen-bond donors (Lipinski definition) is 3. The van der Waals surface area contributed by atoms with Gasteiger partial charge in [0.25, 0.3) is 0 Å². The number of H-pyrrole nitrogens is 2. The second-order valence-electron chi connectivity index (χ2n) is 4.22. The zero-order valence-electron chi connectivity index (χ0n) is 9.60. The number of benzene rings is 2. The van der Waals surface area contributed by atoms with Crippen molar-refractivity contribution in [2.24, 2.45) is 0 Å². The van der Waals surface area contributed by atoms with Crippen molar-refractivity contribution in [1.82, 2.24) is 9.97 Å². The van der Waals surface area contributed by atoms with Crippen molar-refractivity contribution >= 4 is 10.8 Å². The number of aromatic hydroxyl groups is 1. The third-order valence-corrected chi connectivity index (χ3v) is 3.03. The summed E-state index contributed by atoms with van der Waals surface area (Å²) in [4.78, 5) is 16.0. The molecular weight excluding hydrogens is 228 g/mol. The van der Waals surface area contributed by atoms with Crippen molar-refractivity contribution in [3.05, 3.63) is 64.2 Å². The summed E-state index contributed by atoms with van der Waals surface area (Å²) in [6.07, 6.45) is 0.492. The highest BCUT2D eigenvalue weighted by Crippen LogP contribution is 2.22. The lowest BCUT2D eigenvalue weighted by molar-refractivity contribution is 0.450. The standard InChI is InChI=1S/C14H12N2O2/c17-13-12(15-14(18)16-13)8-10-6-3-5-9-4-1-2-7-11(9)10/h1-7,17H,8H2,(H2,15,16,18). The molecule has 0 spiro atoms. The Morgan fingerprint density at radius 2 is 1.78 bits per heavy atom. The fraction of sp³-hybridized carbons (Fsp3) is 0.0714. The first-order valence-electron chi connectivity index (χ1n) is 5.71. The summed E-state index contributed by atoms with van der Waals surface area (Å²) in [5.74, 6) is -0.0899. The molecule has 0 aliphatic carbocycles. The van der Waals surface area contributed by atoms with Crippen LogP contribution in [0.15, 0.2) is 47.3 Å². The Morgan fingerprint density at radius 3 is 2.56 bits per heavy atom. The van der Waals surface area contributed by atoms with Gasteiger partial charge in [-0.3, -0.25) is 4.98 Å². The molecule has 3 N–H and O–H groups in total. The Morgan fingerprint density at radius 1 is 1.00 bits per heavy atom. The van der Waals surface area contributed by atoms with Crippen LogP contribution in [-0.4, -0.2) is 15.1 Å². The van der Waals surface area contributed by atoms with Crippen molar-refractivity contribution in [3.63, 3.8) is 0 Å². The van der Waals surface area contributed by atoms with Gasteiger partial charge in [-0.25, -0.2) is 4.79 Å². The first-order chi connectivity index (χ1) is 8.74. The maximum absolute atomic E-state index is 11.1. The van der Waals surface area contributed by atoms with Gasteiger partial charge in [-0.05, 0) is 16.3 Å². The van der Waals surface area contributed by atoms with E-state index >= 15 is 0 Å². The van der Waals surface area contributed by atoms with Crippen LogP contribution >= 0.6 is 0 Å². The van der Waals surface area contributed by atoms with Gasteiger partial charge in [-0.2, -0.15) is 0 Å². The Kier molecular flexibility index (Phi) is 2.41. The number of aromatic amines is 2. The summed E-state index contributed by atoms with van der Waals surface area (Å²) < 4.78 is 0. The van der Waals surface area contributed by atoms with E-state index in [-0.39, 0.29) is 11.6 Å². The zero-order valence-corrected chi connectivity index (χ0v) is 9.60. The van der Waals surface area contributed by atoms with Crippen LogP contribution in [0.4, 0.5) is 0 Å². The number of rotatable bonds is 2. The van der Waals surface area contributed by atoms with E-state index in [2.05, 4.69) is 9.97 Å². The van der Waals surface area contributed by atoms with Crippen molar-refractivity contribution < 1.29 is 5.11 Å². The van der Waals surface area contributed by atoms with E-state index in [1.807, 2.05) is 42.5 Å². The van der Waals surface area contributed by atoms with Crippen LogP contribution in [0.2, 0.25) is 0 Å². The second-order valence-corrected chi connectivity index (χ2v) is 4.22. The Bertz CT molecular complexity index is 750. The lowest BCUT2D eigenvalue weighted by atomic mass is 10.0. The smallest absolute Gasteiger partial charge is 0.325 e. The monoisotopic (exact) mass is 240 g/mol. The van der Waals surface area contributed by atoms with Gasteiger partial charge in [0.15, 0.2) is 0 Å². The summed E-state index contributed by atoms with van der Waals surface area (Å²) in [7, 11) is 0. The highest BCUT2D eigenvalue weighted by molar-refractivity contribution is 5.85. The van der Waals surface area contributed by atoms with Crippen LogP contribution in [0.5, 0.6) is 5.88 Å². The summed E-state index contributed by atoms with van der Waals surface area (Å²) >= 11 is 0. The molecule has 2 aromatic carbocycles. The molecule has 0 saturated heterocycles. The molecule has 90 valence electrons. The van der Waals surface area contributed by atoms with E-state index in [0.717, 1.165) is 16.3 Å². The molecule has 3 rings (SSSR count). The summed E-state index contributed by atoms with van der Waals surface area (Å²) in [6, 6.07) is 14.0. The normalized spacial score (nSPS) is 10.9. The van der Waals surface area contributed by atoms with Crippen LogP contribution < -0.4 is 5.69 Å². The van der Waals surface area contributed by atoms with Crippen molar-refractivity contribution in [1.29, 1.82) is 0 Å². The van der Waals surface area contributed by atoms with Gasteiger partial charge in [-0.1, -0.05) is 42.5 Å². The quantitative estimate of drug-likeness (QED) is 0.642. The number of aromatic nitrogens is 2. The van der Waals surface area contributed by atoms with Gasteiger partial charge in [0.1, 0.15) is 0 Å². The van der Waals surface area contributed by atoms with Crippen LogP contribution in [0.25, 0.3) is 10.8 Å². The van der Waals surface area contributed by atoms with Gasteiger partial charge in [0, 0.05) is 6.42 Å². The lowest BCUT2D eigenvalue weighted by Gasteiger charge is -2.05. The molecule has 18 heavy (non-hydrogen) atoms. The Hall–Kier alpha value is -2.49. The van der Waals surface area contributed by atoms with Gasteiger partial charge >= 0.3 is 5.69 Å². The Balaban J connectivity index is 2.10. The van der Waals surface area contributed by atoms with E-state index in [1.165, 1.54) is 0 Å². The minimum atomic E-state index is -0.386. The molecule has 0 bridgehead atoms. The van der Waals surface area contributed by atoms with Crippen molar-refractivity contribution in [3.8, 4) is 5.88 Å². The van der Waals surface area contributed by atoms with Gasteiger partial charge in [0.05, 0.1) is 5.69 Å². The third-order valence-electron chi connectivity index (χ3n) is 3.03. The predicted octanol–water partition coefficient (Wildman–Crippen LogP) is 2.15. The molecule has 0 atom stereocenters. The zero-order chi connectivity index (χ0) is 12.5. The van der Waals surface area contributed by atoms with E-state index in [4.69, 9.17) is 0 Å². The lowest BCUT2D eigenvalue weighted by Crippen LogP contribution is -2.01. The molecule has 0 amide bonds. The molecule has 1 aromatic heterocycles. The van der Waals surface area contributed by atoms with Crippen molar-refractivity contribution in [2.75, 3.05) is 0 Å². The first-order valence-corrected chi connectivity index (χ1v) is 5.71. The minimum absolute atomic E-state index is 0.0899. The molecule has 0 unspecified atom stereocenters. The number of fused-ring (bicyclic) bond motifs is 1. The van der Waals surface area contributed by atoms with Gasteiger partial charge in [0.2, 0.25) is 5.88 Å². The van der Waals surface area contributed by atoms with E-state index in [1.54, 1.807) is 0 Å². The highest BCUT2D eigenvalue weighted by atomic mass is 16.3. The maximum Gasteiger partial charge on any atom is 0.325 e. The van der Waals surface area contributed by atoms with Gasteiger partial charge < -0.3 is 10.1 Å². The molecule has 1 heterocycles. The van der Waals surface area contributed by atoms with Crippen LogP contribution in [0.1, 0.15) is 11.3 Å². The van der Waals surface area contributed by atoms with Crippen LogP contribution in [-0.2, 0) is 6.42 Å². The SMILES string of the molecule is O=c1[nH]c(O)c(Cc2cccc3ccccc23)[nH]1. The molecule has 0 fully saturated rings. The first kappa shape index (κ1) is 10.7. The van der Waals surface area contributed by atoms with E-state index in [9.17, 15) is 9.90 Å². The van der Waals surface area contributed by atoms with Crippen molar-refractivity contribution in [2.45, 2.75) is 6.42 Å². The predicted molar refractivity (Wildman–Crippen MR) is 69.8 cm³/mol. The van der Waals surface area contributed by atoms with E-state index < -0.39 is 0 Å². The summed E-state index contributed by atoms with van der Waals surface area (Å²) in [5.41, 5.74) is 1.19. The average Bonchev–Trinajstić information content (AvgIpc) is 2.68. The number of imidazole rings is 1. The molecule has 3 aromatic rings. The summed E-state index contributed by atoms with van der Waals surface area (Å²) in [5, 5.41) is 11.8. The molecule has 0 radical (unpaired) electrons. The van der Waals surface area contributed by atoms with Crippen LogP contribution in [0, 0.1) is 0 Å². The van der Waals surface area contributed by atoms with E-state index in [0.29, 0.717) is 12.1 Å². The Labute approximate surface area is 103 Å². The largest absolute Gasteiger partial charge is 0.493 e. The number of nitrogens with one attached hydrogen (secondary N) is 2. The highest BCUT2D eigenvalue weighted by Gasteiger charge is 2.08. The fourth-order valence-electron chi connectivity index (χ4n) is 2.18. The topological polar surface area (TPSA) is 68.9 Å². The molecule has 0 aliphatic heterocycles. The van der Waals surface area contributed by atoms with Gasteiger partial charge in [-0.15, -0.1) is 0 Å². The minimum Gasteiger partial charge on any atom is -0.493 e. The number of hydrogen-bond acceptors (Lipinski definition) is 2. The molecule has 0 saturated carbocycles. The average molecular weight is 240 g/mol. The summed E-state index contributed by atoms with van der Waals surface area (Å²) in [6.45, 7) is 0. The second kappa shape index (κ2) is 4.07. The molecular formula is C14H12N2O2. The van der Waals surface area contributed by atoms with Crippen LogP contribution in [0.3, 0.4) is 0 Å². The molecule has 0 aliphatic rings. The molecule has 4 nitrogen and oxygen atoms in total. The maximum atomic E-state index is 11.1. The fourth-order valence-corrected chi connectivity index (χ4v) is 2.18.